The van der Waals surface area contributed by atoms with Crippen molar-refractivity contribution in [3.63, 3.8) is 0 Å². The second-order valence-electron chi connectivity index (χ2n) is 9.01. The highest BCUT2D eigenvalue weighted by Gasteiger charge is 2.42. The monoisotopic (exact) mass is 533 g/mol. The normalized spacial score (nSPS) is 18.8. The Morgan fingerprint density at radius 1 is 1.18 bits per heavy atom. The summed E-state index contributed by atoms with van der Waals surface area (Å²) in [5.41, 5.74) is 1.80. The smallest absolute Gasteiger partial charge is 0.247 e. The number of pyridine rings is 1. The second-order valence-corrected chi connectivity index (χ2v) is 9.42. The summed E-state index contributed by atoms with van der Waals surface area (Å²) in [5, 5.41) is 20.0. The van der Waals surface area contributed by atoms with Crippen molar-refractivity contribution in [2.75, 3.05) is 0 Å². The van der Waals surface area contributed by atoms with Crippen molar-refractivity contribution in [2.24, 2.45) is 0 Å². The first-order chi connectivity index (χ1) is 18.5. The van der Waals surface area contributed by atoms with E-state index >= 15 is 4.39 Å². The van der Waals surface area contributed by atoms with Gasteiger partial charge in [0, 0.05) is 29.4 Å². The minimum Gasteiger partial charge on any atom is -0.340 e. The molecule has 1 N–H and O–H groups in total. The van der Waals surface area contributed by atoms with Gasteiger partial charge in [-0.2, -0.15) is 9.94 Å². The van der Waals surface area contributed by atoms with Crippen LogP contribution in [0.2, 0.25) is 5.02 Å². The summed E-state index contributed by atoms with van der Waals surface area (Å²) in [6.45, 7) is 0. The van der Waals surface area contributed by atoms with E-state index in [1.54, 1.807) is 11.0 Å². The molecule has 2 aliphatic heterocycles. The second kappa shape index (κ2) is 9.42. The number of amides is 1. The molecule has 1 amide bonds. The summed E-state index contributed by atoms with van der Waals surface area (Å²) in [6.07, 6.45) is 7.26. The predicted molar refractivity (Wildman–Crippen MR) is 130 cm³/mol. The van der Waals surface area contributed by atoms with Crippen LogP contribution in [0.5, 0.6) is 0 Å². The molecular weight excluding hydrogens is 516 g/mol. The molecule has 13 heteroatoms. The fourth-order valence-electron chi connectivity index (χ4n) is 5.24. The van der Waals surface area contributed by atoms with Crippen molar-refractivity contribution in [3.05, 3.63) is 76.7 Å². The Morgan fingerprint density at radius 2 is 2.05 bits per heavy atom. The largest absolute Gasteiger partial charge is 0.340 e. The van der Waals surface area contributed by atoms with E-state index in [-0.39, 0.29) is 46.3 Å². The number of benzene rings is 1. The topological polar surface area (TPSA) is 129 Å². The van der Waals surface area contributed by atoms with Crippen molar-refractivity contribution >= 4 is 23.1 Å². The van der Waals surface area contributed by atoms with Gasteiger partial charge in [-0.05, 0) is 53.5 Å². The third-order valence-corrected chi connectivity index (χ3v) is 7.20. The SMILES string of the molecule is N#CCc1nccc(-c2cnc([C@@H]3CC[C@@H]4CC(c5c(-n6cnnn6)ccc(Cl)c5F)=CC(=O)N43)[nH]2)c1F. The van der Waals surface area contributed by atoms with E-state index < -0.39 is 11.6 Å². The number of aromatic amines is 1. The van der Waals surface area contributed by atoms with E-state index in [0.29, 0.717) is 42.0 Å². The van der Waals surface area contributed by atoms with Gasteiger partial charge in [0.2, 0.25) is 5.91 Å². The first-order valence-electron chi connectivity index (χ1n) is 11.8. The Labute approximate surface area is 219 Å². The number of carbonyl (C=O) groups excluding carboxylic acids is 1. The zero-order valence-electron chi connectivity index (χ0n) is 19.6. The molecule has 1 aromatic carbocycles. The minimum atomic E-state index is -0.646. The van der Waals surface area contributed by atoms with Crippen LogP contribution in [0, 0.1) is 23.0 Å². The van der Waals surface area contributed by atoms with Gasteiger partial charge in [0.15, 0.2) is 11.6 Å². The summed E-state index contributed by atoms with van der Waals surface area (Å²) >= 11 is 6.09. The summed E-state index contributed by atoms with van der Waals surface area (Å²) in [4.78, 5) is 26.6. The number of aromatic nitrogens is 7. The number of hydrogen-bond acceptors (Lipinski definition) is 7. The third kappa shape index (κ3) is 3.92. The number of carbonyl (C=O) groups is 1. The fourth-order valence-corrected chi connectivity index (χ4v) is 5.40. The Morgan fingerprint density at radius 3 is 2.84 bits per heavy atom. The van der Waals surface area contributed by atoms with Gasteiger partial charge in [0.1, 0.15) is 12.2 Å². The molecular formula is C25H18ClF2N9O. The lowest BCUT2D eigenvalue weighted by molar-refractivity contribution is -0.129. The molecule has 0 unspecified atom stereocenters. The van der Waals surface area contributed by atoms with Crippen LogP contribution in [0.4, 0.5) is 8.78 Å². The zero-order valence-corrected chi connectivity index (χ0v) is 20.4. The quantitative estimate of drug-likeness (QED) is 0.411. The summed E-state index contributed by atoms with van der Waals surface area (Å²) in [5.74, 6) is -0.996. The molecule has 0 bridgehead atoms. The van der Waals surface area contributed by atoms with Gasteiger partial charge in [0.25, 0.3) is 0 Å². The van der Waals surface area contributed by atoms with Gasteiger partial charge in [0.05, 0.1) is 46.8 Å². The van der Waals surface area contributed by atoms with Crippen molar-refractivity contribution in [1.29, 1.82) is 5.26 Å². The maximum Gasteiger partial charge on any atom is 0.247 e. The molecule has 5 heterocycles. The number of nitrogens with one attached hydrogen (secondary N) is 1. The van der Waals surface area contributed by atoms with Gasteiger partial charge in [-0.15, -0.1) is 5.10 Å². The van der Waals surface area contributed by atoms with Gasteiger partial charge in [-0.3, -0.25) is 9.78 Å². The van der Waals surface area contributed by atoms with Crippen LogP contribution in [-0.2, 0) is 11.2 Å². The highest BCUT2D eigenvalue weighted by Crippen LogP contribution is 2.44. The number of nitrogens with zero attached hydrogens (tertiary/aromatic N) is 8. The number of nitriles is 1. The van der Waals surface area contributed by atoms with Crippen LogP contribution in [0.1, 0.15) is 42.4 Å². The highest BCUT2D eigenvalue weighted by atomic mass is 35.5. The number of tetrazole rings is 1. The predicted octanol–water partition coefficient (Wildman–Crippen LogP) is 3.96. The molecule has 2 aliphatic rings. The number of rotatable bonds is 5. The molecule has 0 aliphatic carbocycles. The molecule has 0 spiro atoms. The average molecular weight is 534 g/mol. The van der Waals surface area contributed by atoms with Crippen molar-refractivity contribution in [3.8, 4) is 23.0 Å². The van der Waals surface area contributed by atoms with Gasteiger partial charge < -0.3 is 9.88 Å². The molecule has 10 nitrogen and oxygen atoms in total. The Bertz CT molecular complexity index is 1630. The van der Waals surface area contributed by atoms with Crippen LogP contribution in [0.25, 0.3) is 22.5 Å². The summed E-state index contributed by atoms with van der Waals surface area (Å²) in [7, 11) is 0. The highest BCUT2D eigenvalue weighted by molar-refractivity contribution is 6.31. The van der Waals surface area contributed by atoms with Gasteiger partial charge >= 0.3 is 0 Å². The molecule has 3 aromatic heterocycles. The number of imidazole rings is 1. The van der Waals surface area contributed by atoms with Crippen molar-refractivity contribution in [2.45, 2.75) is 37.8 Å². The Hall–Kier alpha value is -4.50. The lowest BCUT2D eigenvalue weighted by Crippen LogP contribution is -2.39. The molecule has 4 aromatic rings. The van der Waals surface area contributed by atoms with Crippen LogP contribution in [0.15, 0.2) is 43.0 Å². The number of fused-ring (bicyclic) bond motifs is 1. The van der Waals surface area contributed by atoms with E-state index in [9.17, 15) is 9.18 Å². The number of halogens is 3. The zero-order chi connectivity index (χ0) is 26.4. The minimum absolute atomic E-state index is 0.0558. The Balaban J connectivity index is 1.32. The lowest BCUT2D eigenvalue weighted by Gasteiger charge is -2.33. The van der Waals surface area contributed by atoms with E-state index in [1.165, 1.54) is 41.6 Å². The van der Waals surface area contributed by atoms with Crippen molar-refractivity contribution in [1.82, 2.24) is 40.1 Å². The van der Waals surface area contributed by atoms with Crippen LogP contribution in [0.3, 0.4) is 0 Å². The molecule has 0 saturated carbocycles. The maximum absolute atomic E-state index is 15.3. The summed E-state index contributed by atoms with van der Waals surface area (Å²) in [6, 6.07) is 5.89. The Kier molecular flexibility index (Phi) is 5.92. The first-order valence-corrected chi connectivity index (χ1v) is 12.1. The van der Waals surface area contributed by atoms with Gasteiger partial charge in [-0.1, -0.05) is 11.6 Å². The van der Waals surface area contributed by atoms with Crippen LogP contribution < -0.4 is 0 Å². The van der Waals surface area contributed by atoms with Crippen molar-refractivity contribution < 1.29 is 13.6 Å². The molecule has 38 heavy (non-hydrogen) atoms. The van der Waals surface area contributed by atoms with E-state index in [0.717, 1.165) is 0 Å². The first kappa shape index (κ1) is 23.9. The molecule has 2 atom stereocenters. The molecule has 1 saturated heterocycles. The molecule has 0 radical (unpaired) electrons. The maximum atomic E-state index is 15.3. The molecule has 190 valence electrons. The number of H-pyrrole nitrogens is 1. The standard InChI is InChI=1S/C25H18ClF2N9O/c26-16-2-4-19(36-12-32-34-35-36)22(24(16)28)13-9-14-1-3-20(37(14)21(38)10-13)25-31-11-18(33-25)15-6-8-30-17(5-7-29)23(15)27/h2,4,6,8,10-12,14,20H,1,3,5,9H2,(H,31,33)/t14-,20+/m1/s1. The van der Waals surface area contributed by atoms with Gasteiger partial charge in [-0.25, -0.2) is 13.8 Å². The van der Waals surface area contributed by atoms with E-state index in [2.05, 4.69) is 30.5 Å². The van der Waals surface area contributed by atoms with Crippen LogP contribution >= 0.6 is 11.6 Å². The average Bonchev–Trinajstić information content (AvgIpc) is 3.68. The summed E-state index contributed by atoms with van der Waals surface area (Å²) < 4.78 is 31.5. The lowest BCUT2D eigenvalue weighted by atomic mass is 9.92. The van der Waals surface area contributed by atoms with Crippen LogP contribution in [-0.4, -0.2) is 52.0 Å². The van der Waals surface area contributed by atoms with E-state index in [1.807, 2.05) is 6.07 Å². The molecule has 6 rings (SSSR count). The van der Waals surface area contributed by atoms with E-state index in [4.69, 9.17) is 16.9 Å². The fraction of sp³-hybridized carbons (Fsp3) is 0.240. The number of hydrogen-bond donors (Lipinski definition) is 1. The third-order valence-electron chi connectivity index (χ3n) is 6.91. The molecule has 1 fully saturated rings.